The molecule has 0 bridgehead atoms. The Balaban J connectivity index is 1.85. The molecule has 0 unspecified atom stereocenters. The molecule has 0 N–H and O–H groups in total. The van der Waals surface area contributed by atoms with E-state index in [2.05, 4.69) is 26.0 Å². The fraction of sp³-hybridized carbons (Fsp3) is 0.200. The lowest BCUT2D eigenvalue weighted by atomic mass is 10.2. The lowest BCUT2D eigenvalue weighted by Crippen LogP contribution is -2.04. The SMILES string of the molecule is Cc1nn(Cc2csc(-c3ccc(F)cc3)n2)c(C)c1Br. The summed E-state index contributed by atoms with van der Waals surface area (Å²) in [4.78, 5) is 4.61. The zero-order valence-corrected chi connectivity index (χ0v) is 14.0. The predicted molar refractivity (Wildman–Crippen MR) is 86.0 cm³/mol. The van der Waals surface area contributed by atoms with Gasteiger partial charge in [0, 0.05) is 10.9 Å². The number of aryl methyl sites for hydroxylation is 1. The Kier molecular flexibility index (Phi) is 3.91. The molecule has 0 saturated carbocycles. The van der Waals surface area contributed by atoms with Crippen LogP contribution in [0.2, 0.25) is 0 Å². The van der Waals surface area contributed by atoms with Crippen LogP contribution < -0.4 is 0 Å². The van der Waals surface area contributed by atoms with Gasteiger partial charge in [-0.25, -0.2) is 9.37 Å². The number of hydrogen-bond acceptors (Lipinski definition) is 3. The highest BCUT2D eigenvalue weighted by Crippen LogP contribution is 2.25. The van der Waals surface area contributed by atoms with Gasteiger partial charge in [0.05, 0.1) is 28.1 Å². The molecule has 108 valence electrons. The number of rotatable bonds is 3. The average molecular weight is 366 g/mol. The first-order valence-corrected chi connectivity index (χ1v) is 8.11. The smallest absolute Gasteiger partial charge is 0.123 e. The summed E-state index contributed by atoms with van der Waals surface area (Å²) in [6.07, 6.45) is 0. The number of thiazole rings is 1. The van der Waals surface area contributed by atoms with Crippen LogP contribution in [0, 0.1) is 19.7 Å². The minimum Gasteiger partial charge on any atom is -0.262 e. The van der Waals surface area contributed by atoms with E-state index in [9.17, 15) is 4.39 Å². The minimum atomic E-state index is -0.233. The van der Waals surface area contributed by atoms with E-state index < -0.39 is 0 Å². The van der Waals surface area contributed by atoms with Crippen LogP contribution in [-0.4, -0.2) is 14.8 Å². The fourth-order valence-corrected chi connectivity index (χ4v) is 3.19. The number of halogens is 2. The minimum absolute atomic E-state index is 0.233. The van der Waals surface area contributed by atoms with Gasteiger partial charge in [0.25, 0.3) is 0 Å². The molecule has 6 heteroatoms. The Morgan fingerprint density at radius 3 is 2.57 bits per heavy atom. The standard InChI is InChI=1S/C15H13BrFN3S/c1-9-14(16)10(2)20(19-9)7-13-8-21-15(18-13)11-3-5-12(17)6-4-11/h3-6,8H,7H2,1-2H3. The van der Waals surface area contributed by atoms with Crippen LogP contribution in [0.5, 0.6) is 0 Å². The zero-order valence-electron chi connectivity index (χ0n) is 11.6. The van der Waals surface area contributed by atoms with Gasteiger partial charge in [0.2, 0.25) is 0 Å². The molecular weight excluding hydrogens is 353 g/mol. The topological polar surface area (TPSA) is 30.7 Å². The highest BCUT2D eigenvalue weighted by Gasteiger charge is 2.11. The van der Waals surface area contributed by atoms with Crippen molar-refractivity contribution in [2.24, 2.45) is 0 Å². The van der Waals surface area contributed by atoms with E-state index in [0.29, 0.717) is 6.54 Å². The molecule has 0 aliphatic carbocycles. The molecule has 2 aromatic heterocycles. The first-order valence-electron chi connectivity index (χ1n) is 6.44. The molecular formula is C15H13BrFN3S. The fourth-order valence-electron chi connectivity index (χ4n) is 2.09. The van der Waals surface area contributed by atoms with Gasteiger partial charge in [-0.3, -0.25) is 4.68 Å². The Morgan fingerprint density at radius 2 is 1.95 bits per heavy atom. The summed E-state index contributed by atoms with van der Waals surface area (Å²) < 4.78 is 15.9. The largest absolute Gasteiger partial charge is 0.262 e. The quantitative estimate of drug-likeness (QED) is 0.680. The monoisotopic (exact) mass is 365 g/mol. The van der Waals surface area contributed by atoms with E-state index in [4.69, 9.17) is 0 Å². The molecule has 2 heterocycles. The van der Waals surface area contributed by atoms with Crippen LogP contribution in [0.1, 0.15) is 17.1 Å². The maximum absolute atomic E-state index is 12.9. The number of hydrogen-bond donors (Lipinski definition) is 0. The van der Waals surface area contributed by atoms with Crippen LogP contribution in [0.3, 0.4) is 0 Å². The molecule has 3 nitrogen and oxygen atoms in total. The number of nitrogens with zero attached hydrogens (tertiary/aromatic N) is 3. The van der Waals surface area contributed by atoms with Crippen molar-refractivity contribution < 1.29 is 4.39 Å². The Labute approximate surface area is 134 Å². The average Bonchev–Trinajstić information content (AvgIpc) is 3.02. The Hall–Kier alpha value is -1.53. The van der Waals surface area contributed by atoms with Gasteiger partial charge in [-0.05, 0) is 54.0 Å². The van der Waals surface area contributed by atoms with Crippen molar-refractivity contribution in [3.8, 4) is 10.6 Å². The summed E-state index contributed by atoms with van der Waals surface area (Å²) in [7, 11) is 0. The van der Waals surface area contributed by atoms with Gasteiger partial charge in [-0.1, -0.05) is 0 Å². The maximum Gasteiger partial charge on any atom is 0.123 e. The highest BCUT2D eigenvalue weighted by atomic mass is 79.9. The molecule has 21 heavy (non-hydrogen) atoms. The van der Waals surface area contributed by atoms with Gasteiger partial charge in [-0.15, -0.1) is 11.3 Å². The summed E-state index contributed by atoms with van der Waals surface area (Å²) in [6, 6.07) is 6.40. The maximum atomic E-state index is 12.9. The third-order valence-corrected chi connectivity index (χ3v) is 5.34. The molecule has 1 aromatic carbocycles. The molecule has 0 aliphatic heterocycles. The second kappa shape index (κ2) is 5.69. The van der Waals surface area contributed by atoms with E-state index in [1.165, 1.54) is 12.1 Å². The van der Waals surface area contributed by atoms with Crippen LogP contribution in [0.25, 0.3) is 10.6 Å². The molecule has 0 spiro atoms. The van der Waals surface area contributed by atoms with Gasteiger partial charge in [-0.2, -0.15) is 5.10 Å². The van der Waals surface area contributed by atoms with Crippen molar-refractivity contribution in [1.82, 2.24) is 14.8 Å². The lowest BCUT2D eigenvalue weighted by Gasteiger charge is -2.01. The zero-order chi connectivity index (χ0) is 15.0. The van der Waals surface area contributed by atoms with Crippen molar-refractivity contribution in [3.05, 3.63) is 57.0 Å². The Morgan fingerprint density at radius 1 is 1.24 bits per heavy atom. The third kappa shape index (κ3) is 2.91. The summed E-state index contributed by atoms with van der Waals surface area (Å²) >= 11 is 5.08. The summed E-state index contributed by atoms with van der Waals surface area (Å²) in [5.74, 6) is -0.233. The van der Waals surface area contributed by atoms with Crippen LogP contribution in [0.4, 0.5) is 4.39 Å². The molecule has 0 atom stereocenters. The lowest BCUT2D eigenvalue weighted by molar-refractivity contribution is 0.628. The van der Waals surface area contributed by atoms with Gasteiger partial charge >= 0.3 is 0 Å². The number of benzene rings is 1. The van der Waals surface area contributed by atoms with Gasteiger partial charge in [0.15, 0.2) is 0 Å². The highest BCUT2D eigenvalue weighted by molar-refractivity contribution is 9.10. The first kappa shape index (κ1) is 14.4. The molecule has 0 saturated heterocycles. The second-order valence-corrected chi connectivity index (χ2v) is 6.44. The summed E-state index contributed by atoms with van der Waals surface area (Å²) in [5, 5.41) is 7.39. The predicted octanol–water partition coefficient (Wildman–Crippen LogP) is 4.57. The van der Waals surface area contributed by atoms with Gasteiger partial charge < -0.3 is 0 Å². The van der Waals surface area contributed by atoms with Crippen LogP contribution in [-0.2, 0) is 6.54 Å². The van der Waals surface area contributed by atoms with Crippen molar-refractivity contribution in [3.63, 3.8) is 0 Å². The Bertz CT molecular complexity index is 777. The van der Waals surface area contributed by atoms with Crippen LogP contribution >= 0.6 is 27.3 Å². The van der Waals surface area contributed by atoms with E-state index in [1.807, 2.05) is 23.9 Å². The van der Waals surface area contributed by atoms with Crippen molar-refractivity contribution >= 4 is 27.3 Å². The third-order valence-electron chi connectivity index (χ3n) is 3.25. The molecule has 0 aliphatic rings. The second-order valence-electron chi connectivity index (χ2n) is 4.79. The molecule has 0 radical (unpaired) electrons. The van der Waals surface area contributed by atoms with E-state index in [0.717, 1.165) is 32.1 Å². The molecule has 3 aromatic rings. The number of aromatic nitrogens is 3. The molecule has 3 rings (SSSR count). The van der Waals surface area contributed by atoms with Gasteiger partial charge in [0.1, 0.15) is 10.8 Å². The molecule has 0 amide bonds. The van der Waals surface area contributed by atoms with E-state index >= 15 is 0 Å². The normalized spacial score (nSPS) is 11.0. The van der Waals surface area contributed by atoms with Crippen molar-refractivity contribution in [2.45, 2.75) is 20.4 Å². The summed E-state index contributed by atoms with van der Waals surface area (Å²) in [6.45, 7) is 4.63. The van der Waals surface area contributed by atoms with E-state index in [1.54, 1.807) is 23.5 Å². The summed E-state index contributed by atoms with van der Waals surface area (Å²) in [5.41, 5.74) is 3.95. The van der Waals surface area contributed by atoms with Crippen molar-refractivity contribution in [2.75, 3.05) is 0 Å². The molecule has 0 fully saturated rings. The first-order chi connectivity index (χ1) is 10.0. The van der Waals surface area contributed by atoms with Crippen molar-refractivity contribution in [1.29, 1.82) is 0 Å². The van der Waals surface area contributed by atoms with E-state index in [-0.39, 0.29) is 5.82 Å². The van der Waals surface area contributed by atoms with Crippen LogP contribution in [0.15, 0.2) is 34.1 Å².